The summed E-state index contributed by atoms with van der Waals surface area (Å²) in [6.45, 7) is 2.79. The second-order valence-electron chi connectivity index (χ2n) is 7.74. The lowest BCUT2D eigenvalue weighted by molar-refractivity contribution is 0.126. The van der Waals surface area contributed by atoms with Crippen LogP contribution in [0.3, 0.4) is 0 Å². The molecule has 5 heteroatoms. The van der Waals surface area contributed by atoms with E-state index in [0.717, 1.165) is 58.3 Å². The van der Waals surface area contributed by atoms with E-state index in [9.17, 15) is 10.2 Å². The fourth-order valence-electron chi connectivity index (χ4n) is 3.37. The molecule has 0 saturated carbocycles. The van der Waals surface area contributed by atoms with Gasteiger partial charge in [-0.2, -0.15) is 0 Å². The summed E-state index contributed by atoms with van der Waals surface area (Å²) in [7, 11) is 0. The lowest BCUT2D eigenvalue weighted by atomic mass is 10.1. The van der Waals surface area contributed by atoms with Crippen LogP contribution in [0, 0.1) is 0 Å². The molecule has 0 unspecified atom stereocenters. The number of aliphatic hydroxyl groups is 2. The Balaban J connectivity index is 1.38. The predicted molar refractivity (Wildman–Crippen MR) is 121 cm³/mol. The lowest BCUT2D eigenvalue weighted by Crippen LogP contribution is -2.22. The topological polar surface area (TPSA) is 82.0 Å². The summed E-state index contributed by atoms with van der Waals surface area (Å²) < 4.78 is 5.72. The van der Waals surface area contributed by atoms with Crippen LogP contribution < -0.4 is 5.32 Å². The normalized spacial score (nSPS) is 12.2. The minimum absolute atomic E-state index is 0.0208. The number of nitrogens with one attached hydrogen (secondary N) is 1. The van der Waals surface area contributed by atoms with E-state index < -0.39 is 6.10 Å². The first kappa shape index (κ1) is 24.4. The van der Waals surface area contributed by atoms with Crippen molar-refractivity contribution < 1.29 is 20.1 Å². The van der Waals surface area contributed by atoms with Crippen LogP contribution in [0.4, 0.5) is 0 Å². The Morgan fingerprint density at radius 2 is 1.60 bits per heavy atom. The van der Waals surface area contributed by atoms with Crippen molar-refractivity contribution in [3.63, 3.8) is 0 Å². The number of unbranched alkanes of at least 4 members (excludes halogenated alkanes) is 4. The van der Waals surface area contributed by atoms with E-state index in [0.29, 0.717) is 17.7 Å². The smallest absolute Gasteiger partial charge is 0.121 e. The summed E-state index contributed by atoms with van der Waals surface area (Å²) in [5.41, 5.74) is 2.52. The van der Waals surface area contributed by atoms with Crippen molar-refractivity contribution in [2.24, 2.45) is 0 Å². The first-order chi connectivity index (χ1) is 14.7. The Morgan fingerprint density at radius 1 is 0.867 bits per heavy atom. The third-order valence-corrected chi connectivity index (χ3v) is 5.24. The zero-order valence-electron chi connectivity index (χ0n) is 17.9. The molecular weight excluding hydrogens is 378 g/mol. The summed E-state index contributed by atoms with van der Waals surface area (Å²) in [6.07, 6.45) is 7.21. The first-order valence-electron chi connectivity index (χ1n) is 11.1. The van der Waals surface area contributed by atoms with E-state index in [-0.39, 0.29) is 12.4 Å². The van der Waals surface area contributed by atoms with Gasteiger partial charge < -0.3 is 25.4 Å². The molecular formula is C25H37NO4. The second kappa shape index (κ2) is 15.0. The molecule has 2 rings (SSSR count). The number of ether oxygens (including phenoxy) is 1. The minimum atomic E-state index is -0.668. The Kier molecular flexibility index (Phi) is 12.1. The number of benzene rings is 2. The quantitative estimate of drug-likeness (QED) is 0.310. The maximum absolute atomic E-state index is 10.2. The number of aliphatic hydroxyl groups excluding tert-OH is 2. The molecule has 2 aromatic carbocycles. The molecule has 0 aromatic heterocycles. The zero-order chi connectivity index (χ0) is 21.4. The Bertz CT molecular complexity index is 693. The van der Waals surface area contributed by atoms with Crippen molar-refractivity contribution in [3.05, 3.63) is 65.2 Å². The molecule has 0 aliphatic rings. The average Bonchev–Trinajstić information content (AvgIpc) is 2.77. The third kappa shape index (κ3) is 9.72. The van der Waals surface area contributed by atoms with Crippen LogP contribution in [0.25, 0.3) is 0 Å². The highest BCUT2D eigenvalue weighted by Gasteiger charge is 2.09. The van der Waals surface area contributed by atoms with Crippen molar-refractivity contribution in [1.82, 2.24) is 5.32 Å². The molecule has 0 amide bonds. The van der Waals surface area contributed by atoms with E-state index in [1.165, 1.54) is 18.1 Å². The standard InChI is InChI=1S/C25H37NO4/c27-20-23-14-13-22(18-24(23)28)25(29)19-26-15-7-1-2-8-16-30-17-9-6-12-21-10-4-3-5-11-21/h3-5,10-11,13-14,18,25-29H,1-2,6-9,12,15-17,19-20H2/t25-/m0/s1. The van der Waals surface area contributed by atoms with Gasteiger partial charge in [0.05, 0.1) is 12.7 Å². The number of aromatic hydroxyl groups is 1. The molecule has 5 nitrogen and oxygen atoms in total. The fourth-order valence-corrected chi connectivity index (χ4v) is 3.37. The van der Waals surface area contributed by atoms with Gasteiger partial charge in [0.2, 0.25) is 0 Å². The van der Waals surface area contributed by atoms with E-state index >= 15 is 0 Å². The largest absolute Gasteiger partial charge is 0.508 e. The predicted octanol–water partition coefficient (Wildman–Crippen LogP) is 4.11. The number of aryl methyl sites for hydroxylation is 1. The maximum Gasteiger partial charge on any atom is 0.121 e. The molecule has 0 fully saturated rings. The molecule has 0 aliphatic heterocycles. The van der Waals surface area contributed by atoms with Gasteiger partial charge in [0.15, 0.2) is 0 Å². The van der Waals surface area contributed by atoms with Gasteiger partial charge in [-0.25, -0.2) is 0 Å². The molecule has 30 heavy (non-hydrogen) atoms. The summed E-state index contributed by atoms with van der Waals surface area (Å²) in [5.74, 6) is 0.0208. The number of hydrogen-bond acceptors (Lipinski definition) is 5. The fraction of sp³-hybridized carbons (Fsp3) is 0.520. The number of rotatable bonds is 16. The molecule has 2 aromatic rings. The zero-order valence-corrected chi connectivity index (χ0v) is 17.9. The van der Waals surface area contributed by atoms with Crippen LogP contribution in [0.1, 0.15) is 61.3 Å². The summed E-state index contributed by atoms with van der Waals surface area (Å²) in [5, 5.41) is 32.3. The Labute approximate surface area is 180 Å². The Hall–Kier alpha value is -1.92. The van der Waals surface area contributed by atoms with Crippen molar-refractivity contribution in [2.45, 2.75) is 57.7 Å². The molecule has 4 N–H and O–H groups in total. The van der Waals surface area contributed by atoms with Gasteiger partial charge >= 0.3 is 0 Å². The van der Waals surface area contributed by atoms with Gasteiger partial charge in [0.1, 0.15) is 5.75 Å². The summed E-state index contributed by atoms with van der Waals surface area (Å²) >= 11 is 0. The monoisotopic (exact) mass is 415 g/mol. The van der Waals surface area contributed by atoms with Crippen molar-refractivity contribution in [1.29, 1.82) is 0 Å². The van der Waals surface area contributed by atoms with Crippen LogP contribution >= 0.6 is 0 Å². The highest BCUT2D eigenvalue weighted by atomic mass is 16.5. The van der Waals surface area contributed by atoms with Gasteiger partial charge in [-0.15, -0.1) is 0 Å². The SMILES string of the molecule is OCc1ccc([C@@H](O)CNCCCCCCOCCCCc2ccccc2)cc1O. The third-order valence-electron chi connectivity index (χ3n) is 5.24. The van der Waals surface area contributed by atoms with Crippen molar-refractivity contribution in [3.8, 4) is 5.75 Å². The van der Waals surface area contributed by atoms with Crippen LogP contribution in [0.5, 0.6) is 5.75 Å². The second-order valence-corrected chi connectivity index (χ2v) is 7.74. The Morgan fingerprint density at radius 3 is 2.33 bits per heavy atom. The molecule has 0 saturated heterocycles. The van der Waals surface area contributed by atoms with Crippen LogP contribution in [0.15, 0.2) is 48.5 Å². The molecule has 166 valence electrons. The van der Waals surface area contributed by atoms with Crippen LogP contribution in [-0.2, 0) is 17.8 Å². The van der Waals surface area contributed by atoms with E-state index in [4.69, 9.17) is 9.84 Å². The van der Waals surface area contributed by atoms with Crippen LogP contribution in [0.2, 0.25) is 0 Å². The number of phenols is 1. The maximum atomic E-state index is 10.2. The van der Waals surface area contributed by atoms with Gasteiger partial charge in [0.25, 0.3) is 0 Å². The molecule has 1 atom stereocenters. The van der Waals surface area contributed by atoms with Crippen LogP contribution in [-0.4, -0.2) is 41.6 Å². The van der Waals surface area contributed by atoms with E-state index in [2.05, 4.69) is 35.6 Å². The van der Waals surface area contributed by atoms with Crippen molar-refractivity contribution >= 4 is 0 Å². The molecule has 0 radical (unpaired) electrons. The van der Waals surface area contributed by atoms with E-state index in [1.54, 1.807) is 12.1 Å². The number of hydrogen-bond donors (Lipinski definition) is 4. The van der Waals surface area contributed by atoms with Gasteiger partial charge in [0, 0.05) is 25.3 Å². The average molecular weight is 416 g/mol. The summed E-state index contributed by atoms with van der Waals surface area (Å²) in [6, 6.07) is 15.5. The molecule has 0 heterocycles. The lowest BCUT2D eigenvalue weighted by Gasteiger charge is -2.13. The van der Waals surface area contributed by atoms with Gasteiger partial charge in [-0.1, -0.05) is 55.3 Å². The van der Waals surface area contributed by atoms with Gasteiger partial charge in [-0.3, -0.25) is 0 Å². The minimum Gasteiger partial charge on any atom is -0.508 e. The van der Waals surface area contributed by atoms with Crippen molar-refractivity contribution in [2.75, 3.05) is 26.3 Å². The van der Waals surface area contributed by atoms with E-state index in [1.807, 2.05) is 0 Å². The molecule has 0 bridgehead atoms. The first-order valence-corrected chi connectivity index (χ1v) is 11.1. The molecule has 0 aliphatic carbocycles. The van der Waals surface area contributed by atoms with Gasteiger partial charge in [-0.05, 0) is 55.8 Å². The summed E-state index contributed by atoms with van der Waals surface area (Å²) in [4.78, 5) is 0. The highest BCUT2D eigenvalue weighted by Crippen LogP contribution is 2.22. The highest BCUT2D eigenvalue weighted by molar-refractivity contribution is 5.36. The molecule has 0 spiro atoms.